The SMILES string of the molecule is Cc1ccc(Cc2c(C)cc(Cc3c(C)cc(C)cc3C)cc2C)cc1. The maximum atomic E-state index is 2.38. The van der Waals surface area contributed by atoms with Gasteiger partial charge in [-0.1, -0.05) is 59.7 Å². The highest BCUT2D eigenvalue weighted by Crippen LogP contribution is 2.25. The van der Waals surface area contributed by atoms with Gasteiger partial charge in [-0.15, -0.1) is 0 Å². The van der Waals surface area contributed by atoms with Crippen LogP contribution in [0.5, 0.6) is 0 Å². The lowest BCUT2D eigenvalue weighted by molar-refractivity contribution is 1.07. The molecule has 0 nitrogen and oxygen atoms in total. The van der Waals surface area contributed by atoms with Gasteiger partial charge in [0.2, 0.25) is 0 Å². The van der Waals surface area contributed by atoms with Crippen molar-refractivity contribution in [3.63, 3.8) is 0 Å². The first kappa shape index (κ1) is 18.5. The molecule has 0 fully saturated rings. The summed E-state index contributed by atoms with van der Waals surface area (Å²) in [5, 5.41) is 0. The minimum atomic E-state index is 1.01. The smallest absolute Gasteiger partial charge is 0.00203 e. The molecule has 0 spiro atoms. The van der Waals surface area contributed by atoms with E-state index in [1.807, 2.05) is 0 Å². The summed E-state index contributed by atoms with van der Waals surface area (Å²) in [4.78, 5) is 0. The molecular formula is C26H30. The van der Waals surface area contributed by atoms with Crippen molar-refractivity contribution in [3.8, 4) is 0 Å². The summed E-state index contributed by atoms with van der Waals surface area (Å²) >= 11 is 0. The predicted molar refractivity (Wildman–Crippen MR) is 113 cm³/mol. The number of hydrogen-bond donors (Lipinski definition) is 0. The van der Waals surface area contributed by atoms with Gasteiger partial charge in [-0.05, 0) is 98.9 Å². The Labute approximate surface area is 158 Å². The van der Waals surface area contributed by atoms with E-state index >= 15 is 0 Å². The quantitative estimate of drug-likeness (QED) is 0.494. The van der Waals surface area contributed by atoms with E-state index in [-0.39, 0.29) is 0 Å². The third kappa shape index (κ3) is 4.07. The van der Waals surface area contributed by atoms with E-state index in [0.29, 0.717) is 0 Å². The Hall–Kier alpha value is -2.34. The van der Waals surface area contributed by atoms with Crippen LogP contribution in [0.1, 0.15) is 55.6 Å². The van der Waals surface area contributed by atoms with Gasteiger partial charge in [-0.25, -0.2) is 0 Å². The van der Waals surface area contributed by atoms with Gasteiger partial charge in [0.05, 0.1) is 0 Å². The summed E-state index contributed by atoms with van der Waals surface area (Å²) in [6.45, 7) is 13.3. The van der Waals surface area contributed by atoms with Crippen LogP contribution >= 0.6 is 0 Å². The van der Waals surface area contributed by atoms with Crippen molar-refractivity contribution >= 4 is 0 Å². The molecule has 0 amide bonds. The molecule has 0 aliphatic heterocycles. The fourth-order valence-corrected chi connectivity index (χ4v) is 4.07. The van der Waals surface area contributed by atoms with Crippen LogP contribution in [0.25, 0.3) is 0 Å². The van der Waals surface area contributed by atoms with Crippen molar-refractivity contribution < 1.29 is 0 Å². The zero-order valence-corrected chi connectivity index (χ0v) is 17.0. The average Bonchev–Trinajstić information content (AvgIpc) is 2.56. The van der Waals surface area contributed by atoms with Gasteiger partial charge < -0.3 is 0 Å². The molecule has 0 atom stereocenters. The minimum Gasteiger partial charge on any atom is -0.0590 e. The van der Waals surface area contributed by atoms with Crippen molar-refractivity contribution in [1.29, 1.82) is 0 Å². The normalized spacial score (nSPS) is 11.0. The van der Waals surface area contributed by atoms with Gasteiger partial charge in [-0.3, -0.25) is 0 Å². The molecule has 0 heteroatoms. The van der Waals surface area contributed by atoms with Crippen LogP contribution in [0.3, 0.4) is 0 Å². The first-order chi connectivity index (χ1) is 12.3. The Bertz CT molecular complexity index is 881. The van der Waals surface area contributed by atoms with Crippen LogP contribution in [-0.4, -0.2) is 0 Å². The molecule has 0 N–H and O–H groups in total. The molecule has 26 heavy (non-hydrogen) atoms. The van der Waals surface area contributed by atoms with Crippen LogP contribution in [0.2, 0.25) is 0 Å². The van der Waals surface area contributed by atoms with Gasteiger partial charge in [0.15, 0.2) is 0 Å². The van der Waals surface area contributed by atoms with Crippen molar-refractivity contribution in [1.82, 2.24) is 0 Å². The Kier molecular flexibility index (Phi) is 5.32. The fourth-order valence-electron chi connectivity index (χ4n) is 4.07. The predicted octanol–water partition coefficient (Wildman–Crippen LogP) is 6.72. The maximum Gasteiger partial charge on any atom is -0.00203 e. The van der Waals surface area contributed by atoms with E-state index in [1.54, 1.807) is 0 Å². The molecule has 3 aromatic rings. The molecule has 0 saturated carbocycles. The Balaban J connectivity index is 1.89. The standard InChI is InChI=1S/C26H30/c1-17-7-9-23(10-8-17)15-25-21(5)13-24(14-22(25)6)16-26-19(3)11-18(2)12-20(26)4/h7-14H,15-16H2,1-6H3. The van der Waals surface area contributed by atoms with Crippen LogP contribution in [0.4, 0.5) is 0 Å². The fraction of sp³-hybridized carbons (Fsp3) is 0.308. The zero-order chi connectivity index (χ0) is 18.8. The van der Waals surface area contributed by atoms with Gasteiger partial charge in [0.1, 0.15) is 0 Å². The monoisotopic (exact) mass is 342 g/mol. The lowest BCUT2D eigenvalue weighted by Crippen LogP contribution is -2.01. The van der Waals surface area contributed by atoms with Crippen molar-refractivity contribution in [3.05, 3.63) is 104 Å². The summed E-state index contributed by atoms with van der Waals surface area (Å²) in [7, 11) is 0. The molecule has 0 bridgehead atoms. The van der Waals surface area contributed by atoms with E-state index in [2.05, 4.69) is 90.1 Å². The molecule has 0 radical (unpaired) electrons. The highest BCUT2D eigenvalue weighted by atomic mass is 14.1. The second-order valence-corrected chi connectivity index (χ2v) is 7.92. The summed E-state index contributed by atoms with van der Waals surface area (Å²) in [6, 6.07) is 18.3. The van der Waals surface area contributed by atoms with Gasteiger partial charge in [0, 0.05) is 0 Å². The molecule has 0 heterocycles. The van der Waals surface area contributed by atoms with Crippen molar-refractivity contribution in [2.45, 2.75) is 54.4 Å². The molecular weight excluding hydrogens is 312 g/mol. The van der Waals surface area contributed by atoms with Gasteiger partial charge in [-0.2, -0.15) is 0 Å². The number of rotatable bonds is 4. The van der Waals surface area contributed by atoms with E-state index in [9.17, 15) is 0 Å². The van der Waals surface area contributed by atoms with Gasteiger partial charge in [0.25, 0.3) is 0 Å². The number of hydrogen-bond acceptors (Lipinski definition) is 0. The van der Waals surface area contributed by atoms with E-state index < -0.39 is 0 Å². The molecule has 0 aliphatic rings. The van der Waals surface area contributed by atoms with Crippen LogP contribution in [0, 0.1) is 41.5 Å². The summed E-state index contributed by atoms with van der Waals surface area (Å²) in [6.07, 6.45) is 2.03. The van der Waals surface area contributed by atoms with E-state index in [1.165, 1.54) is 55.6 Å². The minimum absolute atomic E-state index is 1.01. The van der Waals surface area contributed by atoms with Crippen molar-refractivity contribution in [2.24, 2.45) is 0 Å². The highest BCUT2D eigenvalue weighted by Gasteiger charge is 2.10. The Morgan fingerprint density at radius 2 is 0.885 bits per heavy atom. The molecule has 3 aromatic carbocycles. The Morgan fingerprint density at radius 1 is 0.462 bits per heavy atom. The Morgan fingerprint density at radius 3 is 1.38 bits per heavy atom. The second-order valence-electron chi connectivity index (χ2n) is 7.92. The van der Waals surface area contributed by atoms with Crippen molar-refractivity contribution in [2.75, 3.05) is 0 Å². The summed E-state index contributed by atoms with van der Waals surface area (Å²) in [5.41, 5.74) is 14.0. The summed E-state index contributed by atoms with van der Waals surface area (Å²) in [5.74, 6) is 0. The molecule has 0 saturated heterocycles. The van der Waals surface area contributed by atoms with Gasteiger partial charge >= 0.3 is 0 Å². The lowest BCUT2D eigenvalue weighted by Gasteiger charge is -2.16. The number of aryl methyl sites for hydroxylation is 6. The third-order valence-corrected chi connectivity index (χ3v) is 5.48. The lowest BCUT2D eigenvalue weighted by atomic mass is 9.89. The molecule has 0 aliphatic carbocycles. The van der Waals surface area contributed by atoms with Crippen LogP contribution in [0.15, 0.2) is 48.5 Å². The maximum absolute atomic E-state index is 2.38. The van der Waals surface area contributed by atoms with E-state index in [0.717, 1.165) is 12.8 Å². The summed E-state index contributed by atoms with van der Waals surface area (Å²) < 4.78 is 0. The van der Waals surface area contributed by atoms with Crippen LogP contribution < -0.4 is 0 Å². The highest BCUT2D eigenvalue weighted by molar-refractivity contribution is 5.45. The average molecular weight is 343 g/mol. The molecule has 0 aromatic heterocycles. The second kappa shape index (κ2) is 7.50. The first-order valence-corrected chi connectivity index (χ1v) is 9.54. The zero-order valence-electron chi connectivity index (χ0n) is 17.0. The number of benzene rings is 3. The molecule has 134 valence electrons. The topological polar surface area (TPSA) is 0 Å². The van der Waals surface area contributed by atoms with Crippen LogP contribution in [-0.2, 0) is 12.8 Å². The largest absolute Gasteiger partial charge is 0.0590 e. The molecule has 3 rings (SSSR count). The molecule has 0 unspecified atom stereocenters. The first-order valence-electron chi connectivity index (χ1n) is 9.54. The third-order valence-electron chi connectivity index (χ3n) is 5.48. The van der Waals surface area contributed by atoms with E-state index in [4.69, 9.17) is 0 Å².